The fourth-order valence-corrected chi connectivity index (χ4v) is 1.80. The molecule has 0 saturated carbocycles. The van der Waals surface area contributed by atoms with E-state index >= 15 is 0 Å². The summed E-state index contributed by atoms with van der Waals surface area (Å²) in [7, 11) is 1.69. The van der Waals surface area contributed by atoms with Gasteiger partial charge in [0.05, 0.1) is 23.6 Å². The van der Waals surface area contributed by atoms with Crippen LogP contribution >= 0.6 is 0 Å². The summed E-state index contributed by atoms with van der Waals surface area (Å²) in [6, 6.07) is 1.76. The molecule has 0 atom stereocenters. The van der Waals surface area contributed by atoms with Crippen LogP contribution in [0, 0.1) is 13.8 Å². The lowest BCUT2D eigenvalue weighted by Crippen LogP contribution is -2.26. The highest BCUT2D eigenvalue weighted by Crippen LogP contribution is 2.14. The fraction of sp³-hybridized carbons (Fsp3) is 0.333. The first kappa shape index (κ1) is 13.0. The largest absolute Gasteiger partial charge is 0.395 e. The lowest BCUT2D eigenvalue weighted by Gasteiger charge is -2.06. The summed E-state index contributed by atoms with van der Waals surface area (Å²) in [5.41, 5.74) is 7.99. The minimum absolute atomic E-state index is 0.267. The van der Waals surface area contributed by atoms with Gasteiger partial charge in [-0.05, 0) is 19.9 Å². The zero-order valence-electron chi connectivity index (χ0n) is 11.1. The number of amides is 1. The first-order valence-corrected chi connectivity index (χ1v) is 5.85. The smallest absolute Gasteiger partial charge is 0.272 e. The molecule has 1 amide bonds. The lowest BCUT2D eigenvalue weighted by atomic mass is 10.3. The van der Waals surface area contributed by atoms with Crippen LogP contribution in [-0.4, -0.2) is 25.7 Å². The zero-order chi connectivity index (χ0) is 14.0. The second-order valence-electron chi connectivity index (χ2n) is 4.25. The van der Waals surface area contributed by atoms with Crippen molar-refractivity contribution in [1.29, 1.82) is 0 Å². The average Bonchev–Trinajstić information content (AvgIpc) is 2.61. The van der Waals surface area contributed by atoms with Crippen LogP contribution in [0.3, 0.4) is 0 Å². The number of anilines is 1. The maximum atomic E-state index is 12.1. The number of aryl methyl sites for hydroxylation is 3. The second kappa shape index (κ2) is 5.05. The standard InChI is InChI=1S/C12H16N6O/c1-7-10(13)11(18(3)17-7)12(19)15-6-9-4-5-14-8(2)16-9/h4-5H,6,13H2,1-3H3,(H,15,19). The molecule has 2 heterocycles. The van der Waals surface area contributed by atoms with E-state index in [0.717, 1.165) is 5.69 Å². The van der Waals surface area contributed by atoms with Crippen molar-refractivity contribution >= 4 is 11.6 Å². The second-order valence-corrected chi connectivity index (χ2v) is 4.25. The van der Waals surface area contributed by atoms with E-state index in [1.807, 2.05) is 0 Å². The third-order valence-corrected chi connectivity index (χ3v) is 2.75. The number of nitrogens with zero attached hydrogens (tertiary/aromatic N) is 4. The SMILES string of the molecule is Cc1nccc(CNC(=O)c2c(N)c(C)nn2C)n1. The van der Waals surface area contributed by atoms with E-state index in [0.29, 0.717) is 29.4 Å². The van der Waals surface area contributed by atoms with Crippen molar-refractivity contribution in [3.05, 3.63) is 35.2 Å². The van der Waals surface area contributed by atoms with Gasteiger partial charge in [0, 0.05) is 13.2 Å². The molecule has 2 aromatic heterocycles. The third-order valence-electron chi connectivity index (χ3n) is 2.75. The number of aromatic nitrogens is 4. The summed E-state index contributed by atoms with van der Waals surface area (Å²) in [4.78, 5) is 20.3. The molecule has 0 radical (unpaired) electrons. The van der Waals surface area contributed by atoms with Crippen LogP contribution in [0.25, 0.3) is 0 Å². The van der Waals surface area contributed by atoms with Crippen LogP contribution in [0.4, 0.5) is 5.69 Å². The van der Waals surface area contributed by atoms with Crippen molar-refractivity contribution in [3.63, 3.8) is 0 Å². The van der Waals surface area contributed by atoms with Gasteiger partial charge in [0.15, 0.2) is 0 Å². The summed E-state index contributed by atoms with van der Waals surface area (Å²) in [6.45, 7) is 3.89. The number of hydrogen-bond acceptors (Lipinski definition) is 5. The Morgan fingerprint density at radius 2 is 2.21 bits per heavy atom. The molecule has 7 nitrogen and oxygen atoms in total. The molecule has 2 aromatic rings. The van der Waals surface area contributed by atoms with Crippen molar-refractivity contribution in [2.24, 2.45) is 7.05 Å². The molecule has 2 rings (SSSR count). The quantitative estimate of drug-likeness (QED) is 0.829. The highest BCUT2D eigenvalue weighted by molar-refractivity contribution is 5.97. The van der Waals surface area contributed by atoms with Crippen molar-refractivity contribution in [1.82, 2.24) is 25.1 Å². The molecule has 0 unspecified atom stereocenters. The molecular weight excluding hydrogens is 244 g/mol. The predicted octanol–water partition coefficient (Wildman–Crippen LogP) is 0.339. The third kappa shape index (κ3) is 2.70. The number of nitrogens with one attached hydrogen (secondary N) is 1. The Kier molecular flexibility index (Phi) is 3.46. The monoisotopic (exact) mass is 260 g/mol. The van der Waals surface area contributed by atoms with Gasteiger partial charge in [0.25, 0.3) is 5.91 Å². The summed E-state index contributed by atoms with van der Waals surface area (Å²) >= 11 is 0. The number of carbonyl (C=O) groups is 1. The van der Waals surface area contributed by atoms with Crippen LogP contribution < -0.4 is 11.1 Å². The van der Waals surface area contributed by atoms with Gasteiger partial charge in [0.1, 0.15) is 11.5 Å². The van der Waals surface area contributed by atoms with Gasteiger partial charge in [-0.15, -0.1) is 0 Å². The van der Waals surface area contributed by atoms with Gasteiger partial charge >= 0.3 is 0 Å². The van der Waals surface area contributed by atoms with E-state index in [9.17, 15) is 4.79 Å². The Hall–Kier alpha value is -2.44. The van der Waals surface area contributed by atoms with Crippen LogP contribution in [-0.2, 0) is 13.6 Å². The Morgan fingerprint density at radius 3 is 2.79 bits per heavy atom. The first-order chi connectivity index (χ1) is 8.99. The number of rotatable bonds is 3. The highest BCUT2D eigenvalue weighted by atomic mass is 16.2. The van der Waals surface area contributed by atoms with Crippen LogP contribution in [0.2, 0.25) is 0 Å². The van der Waals surface area contributed by atoms with Crippen molar-refractivity contribution in [3.8, 4) is 0 Å². The van der Waals surface area contributed by atoms with E-state index in [4.69, 9.17) is 5.73 Å². The van der Waals surface area contributed by atoms with E-state index in [1.165, 1.54) is 4.68 Å². The molecule has 0 aliphatic carbocycles. The molecule has 100 valence electrons. The van der Waals surface area contributed by atoms with E-state index < -0.39 is 0 Å². The minimum Gasteiger partial charge on any atom is -0.395 e. The lowest BCUT2D eigenvalue weighted by molar-refractivity contribution is 0.0942. The van der Waals surface area contributed by atoms with Gasteiger partial charge in [-0.3, -0.25) is 9.48 Å². The van der Waals surface area contributed by atoms with Gasteiger partial charge in [-0.2, -0.15) is 5.10 Å². The number of carbonyl (C=O) groups excluding carboxylic acids is 1. The van der Waals surface area contributed by atoms with E-state index in [2.05, 4.69) is 20.4 Å². The molecule has 19 heavy (non-hydrogen) atoms. The molecule has 0 aromatic carbocycles. The summed E-state index contributed by atoms with van der Waals surface area (Å²) in [5.74, 6) is 0.402. The topological polar surface area (TPSA) is 98.7 Å². The van der Waals surface area contributed by atoms with Gasteiger partial charge in [0.2, 0.25) is 0 Å². The molecule has 0 aliphatic rings. The Bertz CT molecular complexity index is 619. The van der Waals surface area contributed by atoms with Crippen LogP contribution in [0.15, 0.2) is 12.3 Å². The Balaban J connectivity index is 2.10. The fourth-order valence-electron chi connectivity index (χ4n) is 1.80. The normalized spacial score (nSPS) is 10.5. The minimum atomic E-state index is -0.267. The highest BCUT2D eigenvalue weighted by Gasteiger charge is 2.17. The predicted molar refractivity (Wildman–Crippen MR) is 70.3 cm³/mol. The summed E-state index contributed by atoms with van der Waals surface area (Å²) in [5, 5.41) is 6.87. The van der Waals surface area contributed by atoms with E-state index in [1.54, 1.807) is 33.2 Å². The summed E-state index contributed by atoms with van der Waals surface area (Å²) in [6.07, 6.45) is 1.66. The average molecular weight is 260 g/mol. The Labute approximate surface area is 110 Å². The van der Waals surface area contributed by atoms with Gasteiger partial charge in [-0.1, -0.05) is 0 Å². The van der Waals surface area contributed by atoms with Crippen molar-refractivity contribution < 1.29 is 4.79 Å². The van der Waals surface area contributed by atoms with Crippen molar-refractivity contribution in [2.45, 2.75) is 20.4 Å². The summed E-state index contributed by atoms with van der Waals surface area (Å²) < 4.78 is 1.48. The number of nitrogens with two attached hydrogens (primary N) is 1. The molecule has 0 aliphatic heterocycles. The maximum absolute atomic E-state index is 12.1. The maximum Gasteiger partial charge on any atom is 0.272 e. The molecule has 0 saturated heterocycles. The number of hydrogen-bond donors (Lipinski definition) is 2. The van der Waals surface area contributed by atoms with E-state index in [-0.39, 0.29) is 5.91 Å². The molecule has 0 fully saturated rings. The Morgan fingerprint density at radius 1 is 1.47 bits per heavy atom. The molecular formula is C12H16N6O. The van der Waals surface area contributed by atoms with Crippen molar-refractivity contribution in [2.75, 3.05) is 5.73 Å². The molecule has 7 heteroatoms. The van der Waals surface area contributed by atoms with Crippen LogP contribution in [0.5, 0.6) is 0 Å². The number of nitrogen functional groups attached to an aromatic ring is 1. The van der Waals surface area contributed by atoms with Crippen LogP contribution in [0.1, 0.15) is 27.7 Å². The molecule has 3 N–H and O–H groups in total. The van der Waals surface area contributed by atoms with Gasteiger partial charge < -0.3 is 11.1 Å². The molecule has 0 bridgehead atoms. The molecule has 0 spiro atoms. The first-order valence-electron chi connectivity index (χ1n) is 5.85. The van der Waals surface area contributed by atoms with Gasteiger partial charge in [-0.25, -0.2) is 9.97 Å². The zero-order valence-corrected chi connectivity index (χ0v) is 11.1.